The first-order valence-electron chi connectivity index (χ1n) is 6.47. The molecule has 0 saturated heterocycles. The highest BCUT2D eigenvalue weighted by atomic mass is 32.2. The Morgan fingerprint density at radius 2 is 2.09 bits per heavy atom. The van der Waals surface area contributed by atoms with Gasteiger partial charge in [-0.15, -0.1) is 22.7 Å². The highest BCUT2D eigenvalue weighted by Gasteiger charge is 2.14. The van der Waals surface area contributed by atoms with E-state index in [-0.39, 0.29) is 5.56 Å². The van der Waals surface area contributed by atoms with Crippen LogP contribution in [0.25, 0.3) is 20.4 Å². The van der Waals surface area contributed by atoms with Crippen molar-refractivity contribution < 1.29 is 0 Å². The van der Waals surface area contributed by atoms with Crippen LogP contribution in [-0.2, 0) is 7.05 Å². The predicted molar refractivity (Wildman–Crippen MR) is 91.1 cm³/mol. The van der Waals surface area contributed by atoms with Crippen molar-refractivity contribution in [2.75, 3.05) is 0 Å². The lowest BCUT2D eigenvalue weighted by Crippen LogP contribution is -2.19. The van der Waals surface area contributed by atoms with Crippen molar-refractivity contribution in [3.63, 3.8) is 0 Å². The quantitative estimate of drug-likeness (QED) is 0.411. The number of fused-ring (bicyclic) bond motifs is 2. The Kier molecular flexibility index (Phi) is 3.24. The second-order valence-electron chi connectivity index (χ2n) is 4.75. The first-order valence-corrected chi connectivity index (χ1v) is 8.98. The Morgan fingerprint density at radius 1 is 1.23 bits per heavy atom. The van der Waals surface area contributed by atoms with Gasteiger partial charge in [-0.25, -0.2) is 15.0 Å². The van der Waals surface area contributed by atoms with E-state index < -0.39 is 0 Å². The molecule has 0 aromatic carbocycles. The maximum Gasteiger partial charge on any atom is 0.262 e. The molecule has 0 N–H and O–H groups in total. The number of aromatic nitrogens is 4. The van der Waals surface area contributed by atoms with Crippen LogP contribution in [0.2, 0.25) is 0 Å². The molecule has 0 aliphatic carbocycles. The van der Waals surface area contributed by atoms with E-state index in [0.29, 0.717) is 10.5 Å². The van der Waals surface area contributed by atoms with Gasteiger partial charge in [0.25, 0.3) is 5.56 Å². The minimum Gasteiger partial charge on any atom is -0.290 e. The van der Waals surface area contributed by atoms with Gasteiger partial charge in [-0.05, 0) is 36.2 Å². The van der Waals surface area contributed by atoms with Gasteiger partial charge < -0.3 is 0 Å². The van der Waals surface area contributed by atoms with Crippen molar-refractivity contribution in [1.29, 1.82) is 0 Å². The van der Waals surface area contributed by atoms with Gasteiger partial charge in [-0.1, -0.05) is 0 Å². The van der Waals surface area contributed by atoms with Gasteiger partial charge in [0, 0.05) is 17.3 Å². The van der Waals surface area contributed by atoms with Gasteiger partial charge >= 0.3 is 0 Å². The van der Waals surface area contributed by atoms with Crippen LogP contribution in [0.15, 0.2) is 38.8 Å². The Balaban J connectivity index is 1.89. The van der Waals surface area contributed by atoms with Crippen molar-refractivity contribution in [2.24, 2.45) is 7.05 Å². The largest absolute Gasteiger partial charge is 0.290 e. The fraction of sp³-hybridized carbons (Fsp3) is 0.143. The third-order valence-corrected chi connectivity index (χ3v) is 6.10. The van der Waals surface area contributed by atoms with E-state index in [1.807, 2.05) is 18.4 Å². The van der Waals surface area contributed by atoms with E-state index in [2.05, 4.69) is 21.0 Å². The zero-order valence-electron chi connectivity index (χ0n) is 11.7. The number of hydrogen-bond acceptors (Lipinski definition) is 7. The smallest absolute Gasteiger partial charge is 0.262 e. The van der Waals surface area contributed by atoms with Crippen molar-refractivity contribution in [3.05, 3.63) is 39.1 Å². The van der Waals surface area contributed by atoms with Gasteiger partial charge in [-0.2, -0.15) is 0 Å². The summed E-state index contributed by atoms with van der Waals surface area (Å²) >= 11 is 4.51. The number of aryl methyl sites for hydroxylation is 1. The molecule has 0 amide bonds. The molecular weight excluding hydrogens is 336 g/mol. The highest BCUT2D eigenvalue weighted by molar-refractivity contribution is 7.99. The number of rotatable bonds is 2. The predicted octanol–water partition coefficient (Wildman–Crippen LogP) is 3.46. The second kappa shape index (κ2) is 5.15. The molecule has 4 rings (SSSR count). The molecule has 0 fully saturated rings. The van der Waals surface area contributed by atoms with E-state index in [1.165, 1.54) is 28.0 Å². The molecule has 0 bridgehead atoms. The van der Waals surface area contributed by atoms with Gasteiger partial charge in [0.1, 0.15) is 21.0 Å². The Bertz CT molecular complexity index is 1060. The van der Waals surface area contributed by atoms with Gasteiger partial charge in [-0.3, -0.25) is 9.36 Å². The van der Waals surface area contributed by atoms with E-state index in [0.717, 1.165) is 20.1 Å². The van der Waals surface area contributed by atoms with Crippen LogP contribution >= 0.6 is 34.4 Å². The summed E-state index contributed by atoms with van der Waals surface area (Å²) in [5.41, 5.74) is -0.0273. The third-order valence-electron chi connectivity index (χ3n) is 3.27. The number of nitrogens with zero attached hydrogens (tertiary/aromatic N) is 4. The maximum absolute atomic E-state index is 12.4. The molecule has 4 heterocycles. The lowest BCUT2D eigenvalue weighted by molar-refractivity contribution is 0.727. The summed E-state index contributed by atoms with van der Waals surface area (Å²) in [7, 11) is 1.74. The highest BCUT2D eigenvalue weighted by Crippen LogP contribution is 2.33. The SMILES string of the molecule is Cc1cc2c(Sc3nc4sccc4c(=O)n3C)ncnc2s1. The molecule has 0 aliphatic heterocycles. The summed E-state index contributed by atoms with van der Waals surface area (Å²) in [6.07, 6.45) is 1.56. The average Bonchev–Trinajstić information content (AvgIpc) is 3.10. The minimum atomic E-state index is -0.0273. The minimum absolute atomic E-state index is 0.0273. The van der Waals surface area contributed by atoms with Crippen molar-refractivity contribution in [3.8, 4) is 0 Å². The van der Waals surface area contributed by atoms with Gasteiger partial charge in [0.15, 0.2) is 5.16 Å². The van der Waals surface area contributed by atoms with Crippen molar-refractivity contribution in [1.82, 2.24) is 19.5 Å². The molecule has 110 valence electrons. The van der Waals surface area contributed by atoms with Crippen LogP contribution in [0.4, 0.5) is 0 Å². The van der Waals surface area contributed by atoms with E-state index in [4.69, 9.17) is 0 Å². The van der Waals surface area contributed by atoms with Crippen LogP contribution in [0.1, 0.15) is 4.88 Å². The van der Waals surface area contributed by atoms with Crippen LogP contribution in [0.3, 0.4) is 0 Å². The number of hydrogen-bond donors (Lipinski definition) is 0. The Hall–Kier alpha value is -1.77. The van der Waals surface area contributed by atoms with Crippen LogP contribution in [0.5, 0.6) is 0 Å². The molecule has 4 aromatic rings. The van der Waals surface area contributed by atoms with Crippen LogP contribution in [-0.4, -0.2) is 19.5 Å². The fourth-order valence-corrected chi connectivity index (χ4v) is 4.81. The summed E-state index contributed by atoms with van der Waals surface area (Å²) in [6, 6.07) is 3.89. The lowest BCUT2D eigenvalue weighted by Gasteiger charge is -2.06. The average molecular weight is 346 g/mol. The topological polar surface area (TPSA) is 60.7 Å². The number of thiophene rings is 2. The molecule has 5 nitrogen and oxygen atoms in total. The van der Waals surface area contributed by atoms with E-state index >= 15 is 0 Å². The fourth-order valence-electron chi connectivity index (χ4n) is 2.19. The summed E-state index contributed by atoms with van der Waals surface area (Å²) in [5, 5.41) is 5.03. The van der Waals surface area contributed by atoms with Crippen molar-refractivity contribution in [2.45, 2.75) is 17.1 Å². The molecule has 22 heavy (non-hydrogen) atoms. The molecule has 0 unspecified atom stereocenters. The monoisotopic (exact) mass is 346 g/mol. The standard InChI is InChI=1S/C14H10N4OS3/c1-7-5-9-10(21-7)15-6-16-11(9)22-14-17-12-8(3-4-20-12)13(19)18(14)2/h3-6H,1-2H3. The molecule has 4 aromatic heterocycles. The molecule has 0 aliphatic rings. The second-order valence-corrected chi connectivity index (χ2v) is 7.84. The first kappa shape index (κ1) is 13.9. The van der Waals surface area contributed by atoms with E-state index in [9.17, 15) is 4.79 Å². The summed E-state index contributed by atoms with van der Waals surface area (Å²) < 4.78 is 1.58. The summed E-state index contributed by atoms with van der Waals surface area (Å²) in [5.74, 6) is 0. The molecule has 0 radical (unpaired) electrons. The molecule has 8 heteroatoms. The molecule has 0 atom stereocenters. The summed E-state index contributed by atoms with van der Waals surface area (Å²) in [4.78, 5) is 28.5. The third kappa shape index (κ3) is 2.15. The Morgan fingerprint density at radius 3 is 2.95 bits per heavy atom. The summed E-state index contributed by atoms with van der Waals surface area (Å²) in [6.45, 7) is 2.05. The van der Waals surface area contributed by atoms with Crippen molar-refractivity contribution >= 4 is 54.9 Å². The molecule has 0 saturated carbocycles. The van der Waals surface area contributed by atoms with Gasteiger partial charge in [0.05, 0.1) is 5.39 Å². The first-order chi connectivity index (χ1) is 10.6. The Labute approximate surface area is 137 Å². The maximum atomic E-state index is 12.4. The lowest BCUT2D eigenvalue weighted by atomic mass is 10.4. The van der Waals surface area contributed by atoms with Gasteiger partial charge in [0.2, 0.25) is 0 Å². The molecule has 0 spiro atoms. The van der Waals surface area contributed by atoms with E-state index in [1.54, 1.807) is 29.3 Å². The van der Waals surface area contributed by atoms with Crippen LogP contribution in [0, 0.1) is 6.92 Å². The zero-order chi connectivity index (χ0) is 15.3. The van der Waals surface area contributed by atoms with Crippen LogP contribution < -0.4 is 5.56 Å². The molecular formula is C14H10N4OS3. The zero-order valence-corrected chi connectivity index (χ0v) is 14.2. The normalized spacial score (nSPS) is 11.5.